The van der Waals surface area contributed by atoms with Crippen LogP contribution < -0.4 is 5.62 Å². The van der Waals surface area contributed by atoms with Gasteiger partial charge >= 0.3 is 0 Å². The lowest BCUT2D eigenvalue weighted by atomic mass is 10.2. The lowest BCUT2D eigenvalue weighted by molar-refractivity contribution is 0.802. The number of hydrogen-bond donors (Lipinski definition) is 1. The largest absolute Gasteiger partial charge is 0.284 e. The van der Waals surface area contributed by atoms with Crippen LogP contribution in [0.1, 0.15) is 11.4 Å². The van der Waals surface area contributed by atoms with E-state index >= 15 is 0 Å². The van der Waals surface area contributed by atoms with Crippen molar-refractivity contribution in [1.29, 1.82) is 5.41 Å². The van der Waals surface area contributed by atoms with Crippen LogP contribution in [0.25, 0.3) is 5.69 Å². The van der Waals surface area contributed by atoms with Crippen molar-refractivity contribution in [2.24, 2.45) is 5.18 Å². The molecule has 0 aliphatic heterocycles. The molecular formula is C12H12N4O. The normalized spacial score (nSPS) is 10.2. The second-order valence-corrected chi connectivity index (χ2v) is 3.81. The van der Waals surface area contributed by atoms with E-state index in [0.29, 0.717) is 5.69 Å². The standard InChI is InChI=1S/C12H12N4O/c1-8-7-9(2)16(12(13)14-8)11-5-3-10(15-17)4-6-11/h3-7,13H,1-2H3. The SMILES string of the molecule is Cc1cc(C)n(-c2ccc(N=O)cc2)c(=N)n1. The molecule has 0 radical (unpaired) electrons. The van der Waals surface area contributed by atoms with Crippen molar-refractivity contribution in [2.45, 2.75) is 13.8 Å². The molecule has 1 aromatic carbocycles. The van der Waals surface area contributed by atoms with Gasteiger partial charge in [0.05, 0.1) is 0 Å². The molecule has 86 valence electrons. The van der Waals surface area contributed by atoms with E-state index in [1.165, 1.54) is 0 Å². The van der Waals surface area contributed by atoms with Crippen molar-refractivity contribution in [3.63, 3.8) is 0 Å². The van der Waals surface area contributed by atoms with Crippen molar-refractivity contribution < 1.29 is 0 Å². The average Bonchev–Trinajstić information content (AvgIpc) is 2.28. The maximum Gasteiger partial charge on any atom is 0.226 e. The van der Waals surface area contributed by atoms with Crippen molar-refractivity contribution in [3.05, 3.63) is 52.2 Å². The Hall–Kier alpha value is -2.30. The molecule has 0 aliphatic rings. The summed E-state index contributed by atoms with van der Waals surface area (Å²) in [4.78, 5) is 14.4. The molecule has 1 aromatic heterocycles. The molecule has 0 atom stereocenters. The molecule has 1 N–H and O–H groups in total. The van der Waals surface area contributed by atoms with Gasteiger partial charge in [0, 0.05) is 17.1 Å². The van der Waals surface area contributed by atoms with Crippen molar-refractivity contribution >= 4 is 5.69 Å². The number of hydrogen-bond acceptors (Lipinski definition) is 4. The van der Waals surface area contributed by atoms with E-state index in [0.717, 1.165) is 17.1 Å². The van der Waals surface area contributed by atoms with Crippen LogP contribution >= 0.6 is 0 Å². The van der Waals surface area contributed by atoms with E-state index < -0.39 is 0 Å². The second kappa shape index (κ2) is 4.29. The highest BCUT2D eigenvalue weighted by atomic mass is 16.3. The number of nitrogens with zero attached hydrogens (tertiary/aromatic N) is 3. The van der Waals surface area contributed by atoms with Crippen LogP contribution in [0.4, 0.5) is 5.69 Å². The van der Waals surface area contributed by atoms with Gasteiger partial charge in [0.25, 0.3) is 0 Å². The zero-order valence-electron chi connectivity index (χ0n) is 9.64. The zero-order chi connectivity index (χ0) is 12.4. The van der Waals surface area contributed by atoms with Crippen LogP contribution in [0, 0.1) is 24.2 Å². The summed E-state index contributed by atoms with van der Waals surface area (Å²) in [5.74, 6) is 0. The highest BCUT2D eigenvalue weighted by Gasteiger charge is 2.03. The van der Waals surface area contributed by atoms with E-state index in [9.17, 15) is 4.91 Å². The van der Waals surface area contributed by atoms with Gasteiger partial charge in [-0.1, -0.05) is 0 Å². The number of nitroso groups, excluding NO2 is 1. The summed E-state index contributed by atoms with van der Waals surface area (Å²) in [5, 5.41) is 10.7. The number of aryl methyl sites for hydroxylation is 2. The van der Waals surface area contributed by atoms with Gasteiger partial charge in [-0.3, -0.25) is 9.98 Å². The molecule has 0 amide bonds. The summed E-state index contributed by atoms with van der Waals surface area (Å²) >= 11 is 0. The van der Waals surface area contributed by atoms with Gasteiger partial charge in [0.2, 0.25) is 5.62 Å². The molecule has 0 spiro atoms. The summed E-state index contributed by atoms with van der Waals surface area (Å²) < 4.78 is 1.71. The molecule has 17 heavy (non-hydrogen) atoms. The molecule has 0 bridgehead atoms. The Morgan fingerprint density at radius 2 is 1.88 bits per heavy atom. The first kappa shape index (κ1) is 11.2. The highest BCUT2D eigenvalue weighted by Crippen LogP contribution is 2.15. The number of benzene rings is 1. The molecule has 0 saturated heterocycles. The van der Waals surface area contributed by atoms with E-state index in [1.807, 2.05) is 19.9 Å². The molecule has 0 saturated carbocycles. The third-order valence-corrected chi connectivity index (χ3v) is 2.48. The predicted octanol–water partition coefficient (Wildman–Crippen LogP) is 2.37. The Kier molecular flexibility index (Phi) is 2.82. The Morgan fingerprint density at radius 1 is 1.24 bits per heavy atom. The van der Waals surface area contributed by atoms with Crippen molar-refractivity contribution in [3.8, 4) is 5.69 Å². The monoisotopic (exact) mass is 228 g/mol. The molecule has 5 nitrogen and oxygen atoms in total. The van der Waals surface area contributed by atoms with Crippen molar-refractivity contribution in [1.82, 2.24) is 9.55 Å². The Morgan fingerprint density at radius 3 is 2.41 bits per heavy atom. The van der Waals surface area contributed by atoms with Crippen LogP contribution in [0.5, 0.6) is 0 Å². The fourth-order valence-corrected chi connectivity index (χ4v) is 1.77. The minimum absolute atomic E-state index is 0.175. The van der Waals surface area contributed by atoms with E-state index in [1.54, 1.807) is 28.8 Å². The Labute approximate surface area is 98.2 Å². The summed E-state index contributed by atoms with van der Waals surface area (Å²) in [6, 6.07) is 8.64. The average molecular weight is 228 g/mol. The molecule has 0 fully saturated rings. The van der Waals surface area contributed by atoms with Gasteiger partial charge in [-0.15, -0.1) is 4.91 Å². The molecule has 0 unspecified atom stereocenters. The minimum atomic E-state index is 0.175. The number of rotatable bonds is 2. The quantitative estimate of drug-likeness (QED) is 0.801. The van der Waals surface area contributed by atoms with Gasteiger partial charge in [-0.25, -0.2) is 4.98 Å². The third kappa shape index (κ3) is 2.13. The first-order valence-electron chi connectivity index (χ1n) is 5.17. The van der Waals surface area contributed by atoms with Gasteiger partial charge in [-0.05, 0) is 49.4 Å². The summed E-state index contributed by atoms with van der Waals surface area (Å²) in [5.41, 5.74) is 3.09. The minimum Gasteiger partial charge on any atom is -0.284 e. The van der Waals surface area contributed by atoms with E-state index in [4.69, 9.17) is 5.41 Å². The third-order valence-electron chi connectivity index (χ3n) is 2.48. The van der Waals surface area contributed by atoms with E-state index in [-0.39, 0.29) is 5.62 Å². The molecular weight excluding hydrogens is 216 g/mol. The lowest BCUT2D eigenvalue weighted by Crippen LogP contribution is -2.24. The maximum absolute atomic E-state index is 10.3. The molecule has 5 heteroatoms. The van der Waals surface area contributed by atoms with Crippen molar-refractivity contribution in [2.75, 3.05) is 0 Å². The first-order chi connectivity index (χ1) is 8.11. The van der Waals surface area contributed by atoms with Crippen LogP contribution in [0.2, 0.25) is 0 Å². The smallest absolute Gasteiger partial charge is 0.226 e. The Bertz CT molecular complexity index is 613. The second-order valence-electron chi connectivity index (χ2n) is 3.81. The van der Waals surface area contributed by atoms with Gasteiger partial charge in [0.15, 0.2) is 0 Å². The van der Waals surface area contributed by atoms with Crippen LogP contribution in [0.3, 0.4) is 0 Å². The predicted molar refractivity (Wildman–Crippen MR) is 64.3 cm³/mol. The maximum atomic E-state index is 10.3. The first-order valence-corrected chi connectivity index (χ1v) is 5.17. The lowest BCUT2D eigenvalue weighted by Gasteiger charge is -2.10. The van der Waals surface area contributed by atoms with Gasteiger partial charge < -0.3 is 0 Å². The molecule has 1 heterocycles. The molecule has 2 aromatic rings. The highest BCUT2D eigenvalue weighted by molar-refractivity contribution is 5.44. The zero-order valence-corrected chi connectivity index (χ0v) is 9.64. The van der Waals surface area contributed by atoms with Crippen LogP contribution in [-0.4, -0.2) is 9.55 Å². The Balaban J connectivity index is 2.60. The van der Waals surface area contributed by atoms with Gasteiger partial charge in [-0.2, -0.15) is 0 Å². The van der Waals surface area contributed by atoms with Crippen LogP contribution in [0.15, 0.2) is 35.5 Å². The fraction of sp³-hybridized carbons (Fsp3) is 0.167. The fourth-order valence-electron chi connectivity index (χ4n) is 1.77. The number of aromatic nitrogens is 2. The molecule has 0 aliphatic carbocycles. The summed E-state index contributed by atoms with van der Waals surface area (Å²) in [6.45, 7) is 3.77. The van der Waals surface area contributed by atoms with E-state index in [2.05, 4.69) is 10.2 Å². The molecule has 2 rings (SSSR count). The summed E-state index contributed by atoms with van der Waals surface area (Å²) in [7, 11) is 0. The summed E-state index contributed by atoms with van der Waals surface area (Å²) in [6.07, 6.45) is 0. The van der Waals surface area contributed by atoms with Gasteiger partial charge in [0.1, 0.15) is 5.69 Å². The van der Waals surface area contributed by atoms with Crippen LogP contribution in [-0.2, 0) is 0 Å². The topological polar surface area (TPSA) is 71.1 Å². The number of nitrogens with one attached hydrogen (secondary N) is 1.